The van der Waals surface area contributed by atoms with Crippen molar-refractivity contribution in [3.8, 4) is 0 Å². The van der Waals surface area contributed by atoms with Crippen LogP contribution in [-0.2, 0) is 13.0 Å². The standard InChI is InChI=1S/C21H20ClFN2/c1-14(15-6-8-16(23)9-7-15)12-25-20-10-11-24(2)13-18(20)17-4-3-5-19(22)21(17)25/h3-9,12H,10-11,13H2,1-2H3. The zero-order chi connectivity index (χ0) is 17.6. The van der Waals surface area contributed by atoms with E-state index in [0.717, 1.165) is 41.2 Å². The highest BCUT2D eigenvalue weighted by Crippen LogP contribution is 2.35. The zero-order valence-corrected chi connectivity index (χ0v) is 15.1. The first kappa shape index (κ1) is 16.4. The smallest absolute Gasteiger partial charge is 0.123 e. The van der Waals surface area contributed by atoms with E-state index in [0.29, 0.717) is 0 Å². The van der Waals surface area contributed by atoms with Crippen molar-refractivity contribution < 1.29 is 4.39 Å². The Morgan fingerprint density at radius 1 is 1.16 bits per heavy atom. The van der Waals surface area contributed by atoms with Gasteiger partial charge in [0.25, 0.3) is 0 Å². The molecular formula is C21H20ClFN2. The summed E-state index contributed by atoms with van der Waals surface area (Å²) in [4.78, 5) is 2.34. The predicted octanol–water partition coefficient (Wildman–Crippen LogP) is 5.44. The highest BCUT2D eigenvalue weighted by atomic mass is 35.5. The van der Waals surface area contributed by atoms with E-state index in [1.54, 1.807) is 0 Å². The second-order valence-electron chi connectivity index (χ2n) is 6.74. The summed E-state index contributed by atoms with van der Waals surface area (Å²) in [5.41, 5.74) is 5.83. The number of likely N-dealkylation sites (N-methyl/N-ethyl adjacent to an activating group) is 1. The second-order valence-corrected chi connectivity index (χ2v) is 7.15. The normalized spacial score (nSPS) is 15.6. The van der Waals surface area contributed by atoms with Crippen LogP contribution < -0.4 is 0 Å². The quantitative estimate of drug-likeness (QED) is 0.595. The van der Waals surface area contributed by atoms with Crippen LogP contribution in [-0.4, -0.2) is 23.1 Å². The van der Waals surface area contributed by atoms with Crippen molar-refractivity contribution in [3.63, 3.8) is 0 Å². The average molecular weight is 355 g/mol. The van der Waals surface area contributed by atoms with Crippen molar-refractivity contribution in [2.75, 3.05) is 13.6 Å². The molecule has 0 fully saturated rings. The van der Waals surface area contributed by atoms with E-state index in [9.17, 15) is 4.39 Å². The summed E-state index contributed by atoms with van der Waals surface area (Å²) in [6.45, 7) is 4.02. The van der Waals surface area contributed by atoms with E-state index in [4.69, 9.17) is 11.6 Å². The maximum Gasteiger partial charge on any atom is 0.123 e. The number of allylic oxidation sites excluding steroid dienone is 1. The molecule has 3 aromatic rings. The molecule has 25 heavy (non-hydrogen) atoms. The molecule has 0 amide bonds. The van der Waals surface area contributed by atoms with Gasteiger partial charge in [-0.3, -0.25) is 0 Å². The molecule has 2 aromatic carbocycles. The van der Waals surface area contributed by atoms with Crippen molar-refractivity contribution in [2.45, 2.75) is 19.9 Å². The topological polar surface area (TPSA) is 8.17 Å². The molecule has 0 radical (unpaired) electrons. The third-order valence-corrected chi connectivity index (χ3v) is 5.28. The van der Waals surface area contributed by atoms with Crippen molar-refractivity contribution in [2.24, 2.45) is 0 Å². The van der Waals surface area contributed by atoms with Crippen LogP contribution in [0.5, 0.6) is 0 Å². The van der Waals surface area contributed by atoms with Crippen LogP contribution in [0.1, 0.15) is 23.7 Å². The molecule has 0 atom stereocenters. The summed E-state index contributed by atoms with van der Waals surface area (Å²) >= 11 is 6.56. The summed E-state index contributed by atoms with van der Waals surface area (Å²) in [6, 6.07) is 12.7. The van der Waals surface area contributed by atoms with Crippen molar-refractivity contribution in [1.82, 2.24) is 9.47 Å². The number of halogens is 2. The lowest BCUT2D eigenvalue weighted by Crippen LogP contribution is -2.26. The Hall–Kier alpha value is -2.10. The summed E-state index contributed by atoms with van der Waals surface area (Å²) in [5.74, 6) is -0.216. The van der Waals surface area contributed by atoms with Crippen LogP contribution in [0.3, 0.4) is 0 Å². The Morgan fingerprint density at radius 3 is 2.68 bits per heavy atom. The minimum atomic E-state index is -0.216. The van der Waals surface area contributed by atoms with Crippen molar-refractivity contribution >= 4 is 34.3 Å². The zero-order valence-electron chi connectivity index (χ0n) is 14.4. The minimum Gasteiger partial charge on any atom is -0.318 e. The molecule has 4 rings (SSSR count). The first-order chi connectivity index (χ1) is 12.0. The Balaban J connectivity index is 1.92. The van der Waals surface area contributed by atoms with E-state index in [-0.39, 0.29) is 5.82 Å². The molecule has 1 aliphatic heterocycles. The number of nitrogens with zero attached hydrogens (tertiary/aromatic N) is 2. The molecule has 0 saturated heterocycles. The number of benzene rings is 2. The molecule has 1 aliphatic rings. The summed E-state index contributed by atoms with van der Waals surface area (Å²) in [7, 11) is 2.15. The van der Waals surface area contributed by atoms with Gasteiger partial charge in [-0.25, -0.2) is 4.39 Å². The summed E-state index contributed by atoms with van der Waals surface area (Å²) in [5, 5.41) is 1.98. The van der Waals surface area contributed by atoms with Crippen molar-refractivity contribution in [3.05, 3.63) is 70.1 Å². The van der Waals surface area contributed by atoms with Gasteiger partial charge >= 0.3 is 0 Å². The van der Waals surface area contributed by atoms with Crippen LogP contribution >= 0.6 is 11.6 Å². The molecule has 0 spiro atoms. The highest BCUT2D eigenvalue weighted by molar-refractivity contribution is 6.35. The van der Waals surface area contributed by atoms with Gasteiger partial charge in [-0.15, -0.1) is 0 Å². The molecule has 2 nitrogen and oxygen atoms in total. The fraction of sp³-hybridized carbons (Fsp3) is 0.238. The van der Waals surface area contributed by atoms with Gasteiger partial charge in [0.05, 0.1) is 10.5 Å². The molecular weight excluding hydrogens is 335 g/mol. The molecule has 2 heterocycles. The molecule has 1 aromatic heterocycles. The monoisotopic (exact) mass is 354 g/mol. The molecule has 0 bridgehead atoms. The SMILES string of the molecule is CC(=Cn1c2c(c3cccc(Cl)c31)CN(C)CC2)c1ccc(F)cc1. The number of rotatable bonds is 2. The maximum atomic E-state index is 13.2. The largest absolute Gasteiger partial charge is 0.318 e. The van der Waals surface area contributed by atoms with E-state index in [2.05, 4.69) is 35.7 Å². The highest BCUT2D eigenvalue weighted by Gasteiger charge is 2.22. The van der Waals surface area contributed by atoms with Crippen LogP contribution in [0.2, 0.25) is 5.02 Å². The van der Waals surface area contributed by atoms with Gasteiger partial charge in [0.2, 0.25) is 0 Å². The van der Waals surface area contributed by atoms with Gasteiger partial charge in [-0.2, -0.15) is 0 Å². The fourth-order valence-electron chi connectivity index (χ4n) is 3.66. The third kappa shape index (κ3) is 2.88. The van der Waals surface area contributed by atoms with Gasteiger partial charge in [0, 0.05) is 36.8 Å². The van der Waals surface area contributed by atoms with Crippen LogP contribution in [0.15, 0.2) is 42.5 Å². The Kier molecular flexibility index (Phi) is 4.14. The van der Waals surface area contributed by atoms with Gasteiger partial charge < -0.3 is 9.47 Å². The lowest BCUT2D eigenvalue weighted by Gasteiger charge is -2.23. The lowest BCUT2D eigenvalue weighted by molar-refractivity contribution is 0.312. The van der Waals surface area contributed by atoms with Gasteiger partial charge in [0.15, 0.2) is 0 Å². The van der Waals surface area contributed by atoms with Gasteiger partial charge in [-0.05, 0) is 48.9 Å². The Morgan fingerprint density at radius 2 is 1.92 bits per heavy atom. The summed E-state index contributed by atoms with van der Waals surface area (Å²) in [6.07, 6.45) is 3.12. The maximum absolute atomic E-state index is 13.2. The average Bonchev–Trinajstić information content (AvgIpc) is 2.90. The Bertz CT molecular complexity index is 970. The Labute approximate surface area is 152 Å². The molecule has 4 heteroatoms. The first-order valence-electron chi connectivity index (χ1n) is 8.47. The fourth-order valence-corrected chi connectivity index (χ4v) is 3.92. The number of fused-ring (bicyclic) bond motifs is 3. The molecule has 0 unspecified atom stereocenters. The first-order valence-corrected chi connectivity index (χ1v) is 8.85. The molecule has 128 valence electrons. The lowest BCUT2D eigenvalue weighted by atomic mass is 10.1. The van der Waals surface area contributed by atoms with E-state index in [1.165, 1.54) is 28.8 Å². The molecule has 0 N–H and O–H groups in total. The van der Waals surface area contributed by atoms with Crippen molar-refractivity contribution in [1.29, 1.82) is 0 Å². The summed E-state index contributed by atoms with van der Waals surface area (Å²) < 4.78 is 15.4. The van der Waals surface area contributed by atoms with E-state index >= 15 is 0 Å². The second kappa shape index (κ2) is 6.32. The minimum absolute atomic E-state index is 0.216. The van der Waals surface area contributed by atoms with E-state index in [1.807, 2.05) is 24.3 Å². The predicted molar refractivity (Wildman–Crippen MR) is 103 cm³/mol. The van der Waals surface area contributed by atoms with Crippen LogP contribution in [0.25, 0.3) is 22.7 Å². The van der Waals surface area contributed by atoms with Gasteiger partial charge in [0.1, 0.15) is 5.82 Å². The van der Waals surface area contributed by atoms with Crippen LogP contribution in [0, 0.1) is 5.82 Å². The van der Waals surface area contributed by atoms with Crippen LogP contribution in [0.4, 0.5) is 4.39 Å². The number of hydrogen-bond donors (Lipinski definition) is 0. The number of para-hydroxylation sites is 1. The third-order valence-electron chi connectivity index (χ3n) is 4.97. The molecule has 0 aliphatic carbocycles. The van der Waals surface area contributed by atoms with Gasteiger partial charge in [-0.1, -0.05) is 35.9 Å². The van der Waals surface area contributed by atoms with E-state index < -0.39 is 0 Å². The number of hydrogen-bond acceptors (Lipinski definition) is 1. The molecule has 0 saturated carbocycles. The number of aromatic nitrogens is 1.